The Kier molecular flexibility index (Phi) is 8.78. The summed E-state index contributed by atoms with van der Waals surface area (Å²) in [6, 6.07) is 11.2. The number of azo groups is 1. The van der Waals surface area contributed by atoms with Crippen LogP contribution in [-0.2, 0) is 16.0 Å². The zero-order valence-electron chi connectivity index (χ0n) is 19.6. The topological polar surface area (TPSA) is 101 Å². The Hall–Kier alpha value is -3.08. The van der Waals surface area contributed by atoms with E-state index in [0.29, 0.717) is 43.6 Å². The number of benzene rings is 1. The first-order valence-electron chi connectivity index (χ1n) is 11.7. The molecule has 0 saturated carbocycles. The highest BCUT2D eigenvalue weighted by Gasteiger charge is 2.15. The smallest absolute Gasteiger partial charge is 0.251 e. The molecule has 1 aromatic carbocycles. The largest absolute Gasteiger partial charge is 0.476 e. The lowest BCUT2D eigenvalue weighted by Gasteiger charge is -2.29. The summed E-state index contributed by atoms with van der Waals surface area (Å²) >= 11 is 0. The van der Waals surface area contributed by atoms with Crippen molar-refractivity contribution >= 4 is 17.4 Å². The molecule has 1 N–H and O–H groups in total. The summed E-state index contributed by atoms with van der Waals surface area (Å²) in [5.41, 5.74) is 2.49. The van der Waals surface area contributed by atoms with Crippen LogP contribution >= 0.6 is 0 Å². The number of carbonyl (C=O) groups is 1. The van der Waals surface area contributed by atoms with Gasteiger partial charge in [-0.2, -0.15) is 10.1 Å². The second kappa shape index (κ2) is 12.4. The van der Waals surface area contributed by atoms with Crippen molar-refractivity contribution in [1.82, 2.24) is 15.2 Å². The third kappa shape index (κ3) is 6.96. The van der Waals surface area contributed by atoms with Crippen LogP contribution in [0.15, 0.2) is 46.6 Å². The Morgan fingerprint density at radius 3 is 2.62 bits per heavy atom. The van der Waals surface area contributed by atoms with Crippen LogP contribution in [0.25, 0.3) is 0 Å². The van der Waals surface area contributed by atoms with E-state index >= 15 is 0 Å². The maximum atomic E-state index is 11.9. The molecule has 10 heteroatoms. The summed E-state index contributed by atoms with van der Waals surface area (Å²) in [5, 5.41) is 11.3. The zero-order valence-corrected chi connectivity index (χ0v) is 19.6. The van der Waals surface area contributed by atoms with Gasteiger partial charge in [0.25, 0.3) is 5.91 Å². The molecule has 0 unspecified atom stereocenters. The molecule has 4 rings (SSSR count). The molecule has 1 aromatic heterocycles. The molecule has 0 radical (unpaired) electrons. The molecule has 34 heavy (non-hydrogen) atoms. The molecule has 2 fully saturated rings. The van der Waals surface area contributed by atoms with Crippen molar-refractivity contribution in [2.75, 3.05) is 77.7 Å². The zero-order chi connectivity index (χ0) is 23.6. The molecule has 10 nitrogen and oxygen atoms in total. The second-order valence-corrected chi connectivity index (χ2v) is 8.10. The first-order chi connectivity index (χ1) is 16.7. The van der Waals surface area contributed by atoms with Gasteiger partial charge in [0.1, 0.15) is 6.61 Å². The van der Waals surface area contributed by atoms with Crippen molar-refractivity contribution in [3.8, 4) is 5.88 Å². The molecule has 2 aliphatic rings. The van der Waals surface area contributed by atoms with Crippen LogP contribution in [0.1, 0.15) is 15.9 Å². The number of pyridine rings is 1. The molecule has 182 valence electrons. The molecule has 0 bridgehead atoms. The molecule has 2 aromatic rings. The standard InChI is InChI=1S/C24H32N6O4/c1-25-24(31)20-4-2-3-19(15-20)18-26-28-22-16-21(30-8-12-33-13-9-30)17-23(27-22)34-14-7-29-5-10-32-11-6-29/h2-4,15-17H,5-14,18H2,1H3,(H,25,31). The summed E-state index contributed by atoms with van der Waals surface area (Å²) in [4.78, 5) is 21.0. The number of aromatic nitrogens is 1. The molecule has 1 amide bonds. The molecule has 0 atom stereocenters. The SMILES string of the molecule is CNC(=O)c1cccc(CN=Nc2cc(N3CCOCC3)cc(OCCN3CCOCC3)n2)c1. The van der Waals surface area contributed by atoms with Crippen LogP contribution in [0.3, 0.4) is 0 Å². The molecular weight excluding hydrogens is 436 g/mol. The summed E-state index contributed by atoms with van der Waals surface area (Å²) in [6.07, 6.45) is 0. The van der Waals surface area contributed by atoms with E-state index < -0.39 is 0 Å². The predicted molar refractivity (Wildman–Crippen MR) is 128 cm³/mol. The van der Waals surface area contributed by atoms with E-state index in [4.69, 9.17) is 14.2 Å². The Morgan fingerprint density at radius 1 is 1.09 bits per heavy atom. The highest BCUT2D eigenvalue weighted by Crippen LogP contribution is 2.26. The minimum atomic E-state index is -0.127. The predicted octanol–water partition coefficient (Wildman–Crippen LogP) is 2.27. The summed E-state index contributed by atoms with van der Waals surface area (Å²) in [5.74, 6) is 0.901. The number of nitrogens with zero attached hydrogens (tertiary/aromatic N) is 5. The number of anilines is 1. The van der Waals surface area contributed by atoms with Gasteiger partial charge >= 0.3 is 0 Å². The van der Waals surface area contributed by atoms with Crippen molar-refractivity contribution in [2.45, 2.75) is 6.54 Å². The fourth-order valence-corrected chi connectivity index (χ4v) is 3.86. The van der Waals surface area contributed by atoms with E-state index in [1.54, 1.807) is 13.1 Å². The van der Waals surface area contributed by atoms with Gasteiger partial charge in [-0.25, -0.2) is 0 Å². The highest BCUT2D eigenvalue weighted by atomic mass is 16.5. The molecule has 2 saturated heterocycles. The number of rotatable bonds is 9. The number of hydrogen-bond donors (Lipinski definition) is 1. The van der Waals surface area contributed by atoms with E-state index in [1.165, 1.54) is 0 Å². The number of carbonyl (C=O) groups excluding carboxylic acids is 1. The monoisotopic (exact) mass is 468 g/mol. The molecular formula is C24H32N6O4. The maximum Gasteiger partial charge on any atom is 0.251 e. The summed E-state index contributed by atoms with van der Waals surface area (Å²) in [7, 11) is 1.61. The fraction of sp³-hybridized carbons (Fsp3) is 0.500. The molecule has 2 aliphatic heterocycles. The van der Waals surface area contributed by atoms with Gasteiger partial charge in [0.15, 0.2) is 5.82 Å². The van der Waals surface area contributed by atoms with Crippen molar-refractivity contribution in [2.24, 2.45) is 10.2 Å². The first-order valence-corrected chi connectivity index (χ1v) is 11.7. The summed E-state index contributed by atoms with van der Waals surface area (Å²) in [6.45, 7) is 8.08. The van der Waals surface area contributed by atoms with Crippen LogP contribution in [0, 0.1) is 0 Å². The van der Waals surface area contributed by atoms with Gasteiger partial charge in [-0.15, -0.1) is 5.11 Å². The first kappa shape index (κ1) is 24.1. The fourth-order valence-electron chi connectivity index (χ4n) is 3.86. The number of hydrogen-bond acceptors (Lipinski definition) is 9. The average molecular weight is 469 g/mol. The minimum Gasteiger partial charge on any atom is -0.476 e. The van der Waals surface area contributed by atoms with Crippen molar-refractivity contribution < 1.29 is 19.0 Å². The van der Waals surface area contributed by atoms with Gasteiger partial charge in [0, 0.05) is 63.2 Å². The van der Waals surface area contributed by atoms with Gasteiger partial charge in [0.2, 0.25) is 5.88 Å². The van der Waals surface area contributed by atoms with Crippen molar-refractivity contribution in [1.29, 1.82) is 0 Å². The molecule has 0 aliphatic carbocycles. The van der Waals surface area contributed by atoms with Crippen LogP contribution in [0.4, 0.5) is 11.5 Å². The minimum absolute atomic E-state index is 0.127. The highest BCUT2D eigenvalue weighted by molar-refractivity contribution is 5.94. The Morgan fingerprint density at radius 2 is 1.85 bits per heavy atom. The average Bonchev–Trinajstić information content (AvgIpc) is 2.89. The van der Waals surface area contributed by atoms with Gasteiger partial charge < -0.3 is 24.4 Å². The normalized spacial score (nSPS) is 17.1. The van der Waals surface area contributed by atoms with Gasteiger partial charge in [-0.1, -0.05) is 12.1 Å². The van der Waals surface area contributed by atoms with E-state index in [0.717, 1.165) is 57.2 Å². The van der Waals surface area contributed by atoms with Crippen LogP contribution in [-0.4, -0.2) is 88.6 Å². The number of morpholine rings is 2. The second-order valence-electron chi connectivity index (χ2n) is 8.10. The van der Waals surface area contributed by atoms with Crippen molar-refractivity contribution in [3.63, 3.8) is 0 Å². The summed E-state index contributed by atoms with van der Waals surface area (Å²) < 4.78 is 16.9. The van der Waals surface area contributed by atoms with Gasteiger partial charge in [0.05, 0.1) is 33.0 Å². The van der Waals surface area contributed by atoms with E-state index in [-0.39, 0.29) is 5.91 Å². The van der Waals surface area contributed by atoms with Gasteiger partial charge in [-0.3, -0.25) is 9.69 Å². The number of ether oxygens (including phenoxy) is 3. The quantitative estimate of drug-likeness (QED) is 0.564. The lowest BCUT2D eigenvalue weighted by atomic mass is 10.1. The molecule has 0 spiro atoms. The van der Waals surface area contributed by atoms with E-state index in [9.17, 15) is 4.79 Å². The van der Waals surface area contributed by atoms with Gasteiger partial charge in [-0.05, 0) is 17.7 Å². The Labute approximate surface area is 199 Å². The lowest BCUT2D eigenvalue weighted by Crippen LogP contribution is -2.38. The van der Waals surface area contributed by atoms with Crippen LogP contribution in [0.2, 0.25) is 0 Å². The Balaban J connectivity index is 1.44. The van der Waals surface area contributed by atoms with Crippen LogP contribution < -0.4 is 15.0 Å². The molecule has 3 heterocycles. The number of amides is 1. The Bertz CT molecular complexity index is 974. The number of nitrogens with one attached hydrogen (secondary N) is 1. The third-order valence-electron chi connectivity index (χ3n) is 5.75. The van der Waals surface area contributed by atoms with Crippen molar-refractivity contribution in [3.05, 3.63) is 47.5 Å². The van der Waals surface area contributed by atoms with E-state index in [1.807, 2.05) is 30.3 Å². The van der Waals surface area contributed by atoms with E-state index in [2.05, 4.69) is 30.3 Å². The van der Waals surface area contributed by atoms with Crippen LogP contribution in [0.5, 0.6) is 5.88 Å². The maximum absolute atomic E-state index is 11.9. The lowest BCUT2D eigenvalue weighted by molar-refractivity contribution is 0.0320. The third-order valence-corrected chi connectivity index (χ3v) is 5.75.